The number of hydrogen-bond acceptors (Lipinski definition) is 6. The number of nitrogens with zero attached hydrogens (tertiary/aromatic N) is 2. The average molecular weight is 482 g/mol. The predicted molar refractivity (Wildman–Crippen MR) is 126 cm³/mol. The molecule has 9 nitrogen and oxygen atoms in total. The second-order valence-corrected chi connectivity index (χ2v) is 11.0. The SMILES string of the molecule is CCCS(=O)(=O)N1CC(=O)N(c2ccc(OC)cc2OC)[C@@](C)(C(=O)NC2CCCCC2)C1. The van der Waals surface area contributed by atoms with Crippen molar-refractivity contribution in [2.24, 2.45) is 0 Å². The van der Waals surface area contributed by atoms with Crippen LogP contribution < -0.4 is 19.7 Å². The van der Waals surface area contributed by atoms with Crippen molar-refractivity contribution < 1.29 is 27.5 Å². The van der Waals surface area contributed by atoms with E-state index >= 15 is 0 Å². The average Bonchev–Trinajstić information content (AvgIpc) is 2.79. The van der Waals surface area contributed by atoms with E-state index in [4.69, 9.17) is 9.47 Å². The third-order valence-electron chi connectivity index (χ3n) is 6.45. The first-order valence-electron chi connectivity index (χ1n) is 11.5. The van der Waals surface area contributed by atoms with Crippen molar-refractivity contribution in [2.75, 3.05) is 38.0 Å². The Morgan fingerprint density at radius 2 is 1.88 bits per heavy atom. The lowest BCUT2D eigenvalue weighted by Crippen LogP contribution is -2.71. The number of amides is 2. The molecule has 0 unspecified atom stereocenters. The largest absolute Gasteiger partial charge is 0.497 e. The van der Waals surface area contributed by atoms with Gasteiger partial charge in [-0.25, -0.2) is 8.42 Å². The van der Waals surface area contributed by atoms with E-state index in [0.717, 1.165) is 36.4 Å². The van der Waals surface area contributed by atoms with Crippen LogP contribution in [0.25, 0.3) is 0 Å². The molecule has 0 bridgehead atoms. The fraction of sp³-hybridized carbons (Fsp3) is 0.652. The van der Waals surface area contributed by atoms with Gasteiger partial charge in [-0.1, -0.05) is 26.2 Å². The minimum Gasteiger partial charge on any atom is -0.497 e. The Bertz CT molecular complexity index is 976. The summed E-state index contributed by atoms with van der Waals surface area (Å²) in [6, 6.07) is 5.01. The van der Waals surface area contributed by atoms with Crippen LogP contribution >= 0.6 is 0 Å². The number of benzene rings is 1. The molecule has 0 spiro atoms. The van der Waals surface area contributed by atoms with Gasteiger partial charge in [0.2, 0.25) is 21.8 Å². The molecule has 1 aliphatic carbocycles. The van der Waals surface area contributed by atoms with Gasteiger partial charge in [-0.05, 0) is 38.3 Å². The molecule has 1 atom stereocenters. The van der Waals surface area contributed by atoms with Crippen molar-refractivity contribution in [2.45, 2.75) is 64.0 Å². The Labute approximate surface area is 196 Å². The summed E-state index contributed by atoms with van der Waals surface area (Å²) in [5.41, 5.74) is -1.05. The summed E-state index contributed by atoms with van der Waals surface area (Å²) in [4.78, 5) is 28.5. The minimum absolute atomic E-state index is 0.0143. The van der Waals surface area contributed by atoms with Crippen molar-refractivity contribution in [1.82, 2.24) is 9.62 Å². The fourth-order valence-corrected chi connectivity index (χ4v) is 6.21. The topological polar surface area (TPSA) is 105 Å². The van der Waals surface area contributed by atoms with Gasteiger partial charge in [0.1, 0.15) is 17.0 Å². The number of sulfonamides is 1. The maximum Gasteiger partial charge on any atom is 0.247 e. The van der Waals surface area contributed by atoms with Gasteiger partial charge in [0.25, 0.3) is 0 Å². The molecule has 2 fully saturated rings. The Morgan fingerprint density at radius 1 is 1.18 bits per heavy atom. The van der Waals surface area contributed by atoms with E-state index in [1.54, 1.807) is 32.0 Å². The number of carbonyl (C=O) groups excluding carboxylic acids is 2. The van der Waals surface area contributed by atoms with Crippen LogP contribution in [-0.2, 0) is 19.6 Å². The highest BCUT2D eigenvalue weighted by Crippen LogP contribution is 2.39. The van der Waals surface area contributed by atoms with Crippen molar-refractivity contribution >= 4 is 27.5 Å². The molecule has 184 valence electrons. The number of nitrogens with one attached hydrogen (secondary N) is 1. The first kappa shape index (κ1) is 25.3. The van der Waals surface area contributed by atoms with Gasteiger partial charge in [-0.3, -0.25) is 14.5 Å². The number of ether oxygens (including phenoxy) is 2. The zero-order valence-corrected chi connectivity index (χ0v) is 20.7. The van der Waals surface area contributed by atoms with Gasteiger partial charge in [0, 0.05) is 18.7 Å². The summed E-state index contributed by atoms with van der Waals surface area (Å²) < 4.78 is 37.6. The van der Waals surface area contributed by atoms with Crippen LogP contribution in [0.4, 0.5) is 5.69 Å². The normalized spacial score (nSPS) is 22.8. The molecule has 1 aromatic rings. The van der Waals surface area contributed by atoms with Gasteiger partial charge < -0.3 is 14.8 Å². The van der Waals surface area contributed by atoms with Crippen LogP contribution in [0.3, 0.4) is 0 Å². The van der Waals surface area contributed by atoms with Crippen LogP contribution in [0.1, 0.15) is 52.4 Å². The quantitative estimate of drug-likeness (QED) is 0.611. The molecule has 3 rings (SSSR count). The van der Waals surface area contributed by atoms with Gasteiger partial charge >= 0.3 is 0 Å². The van der Waals surface area contributed by atoms with Crippen molar-refractivity contribution in [3.05, 3.63) is 18.2 Å². The van der Waals surface area contributed by atoms with Crippen molar-refractivity contribution in [3.8, 4) is 11.5 Å². The Balaban J connectivity index is 2.04. The monoisotopic (exact) mass is 481 g/mol. The molecule has 0 aromatic heterocycles. The number of rotatable bonds is 8. The van der Waals surface area contributed by atoms with E-state index in [0.29, 0.717) is 23.6 Å². The highest BCUT2D eigenvalue weighted by atomic mass is 32.2. The second-order valence-electron chi connectivity index (χ2n) is 8.93. The van der Waals surface area contributed by atoms with E-state index in [-0.39, 0.29) is 30.8 Å². The van der Waals surface area contributed by atoms with E-state index in [9.17, 15) is 18.0 Å². The smallest absolute Gasteiger partial charge is 0.247 e. The molecule has 1 saturated heterocycles. The number of methoxy groups -OCH3 is 2. The van der Waals surface area contributed by atoms with Crippen LogP contribution in [0.5, 0.6) is 11.5 Å². The van der Waals surface area contributed by atoms with Gasteiger partial charge in [0.05, 0.1) is 32.2 Å². The molecule has 2 amide bonds. The molecule has 1 aromatic carbocycles. The zero-order chi connectivity index (χ0) is 24.2. The summed E-state index contributed by atoms with van der Waals surface area (Å²) in [7, 11) is -0.679. The number of hydrogen-bond donors (Lipinski definition) is 1. The molecule has 1 N–H and O–H groups in total. The summed E-state index contributed by atoms with van der Waals surface area (Å²) in [5.74, 6) is -0.0144. The minimum atomic E-state index is -3.68. The van der Waals surface area contributed by atoms with Gasteiger partial charge in [-0.2, -0.15) is 4.31 Å². The second kappa shape index (κ2) is 10.3. The molecule has 1 heterocycles. The molecule has 1 saturated carbocycles. The van der Waals surface area contributed by atoms with Crippen molar-refractivity contribution in [3.63, 3.8) is 0 Å². The molecule has 10 heteroatoms. The maximum absolute atomic E-state index is 13.7. The fourth-order valence-electron chi connectivity index (χ4n) is 4.68. The summed E-state index contributed by atoms with van der Waals surface area (Å²) in [6.45, 7) is 2.94. The lowest BCUT2D eigenvalue weighted by atomic mass is 9.91. The third-order valence-corrected chi connectivity index (χ3v) is 8.42. The molecule has 0 radical (unpaired) electrons. The van der Waals surface area contributed by atoms with Crippen LogP contribution in [0, 0.1) is 0 Å². The maximum atomic E-state index is 13.7. The standard InChI is InChI=1S/C23H35N3O6S/c1-5-13-33(29,30)25-15-21(27)26(19-12-11-18(31-3)14-20(19)32-4)23(2,16-25)22(28)24-17-9-7-6-8-10-17/h11-12,14,17H,5-10,13,15-16H2,1-4H3,(H,24,28)/t23-/m1/s1. The Kier molecular flexibility index (Phi) is 7.89. The molecule has 1 aliphatic heterocycles. The van der Waals surface area contributed by atoms with Crippen molar-refractivity contribution in [1.29, 1.82) is 0 Å². The van der Waals surface area contributed by atoms with E-state index in [1.807, 2.05) is 0 Å². The Morgan fingerprint density at radius 3 is 2.48 bits per heavy atom. The first-order chi connectivity index (χ1) is 15.7. The number of piperazine rings is 1. The first-order valence-corrected chi connectivity index (χ1v) is 13.1. The third kappa shape index (κ3) is 5.27. The molecule has 2 aliphatic rings. The van der Waals surface area contributed by atoms with Gasteiger partial charge in [-0.15, -0.1) is 0 Å². The van der Waals surface area contributed by atoms with Crippen LogP contribution in [0.2, 0.25) is 0 Å². The number of anilines is 1. The van der Waals surface area contributed by atoms with E-state index in [2.05, 4.69) is 5.32 Å². The molecular weight excluding hydrogens is 446 g/mol. The lowest BCUT2D eigenvalue weighted by Gasteiger charge is -2.47. The zero-order valence-electron chi connectivity index (χ0n) is 19.9. The molecular formula is C23H35N3O6S. The highest BCUT2D eigenvalue weighted by Gasteiger charge is 2.51. The van der Waals surface area contributed by atoms with Gasteiger partial charge in [0.15, 0.2) is 0 Å². The van der Waals surface area contributed by atoms with Crippen LogP contribution in [-0.4, -0.2) is 69.2 Å². The van der Waals surface area contributed by atoms with E-state index < -0.39 is 21.5 Å². The lowest BCUT2D eigenvalue weighted by molar-refractivity contribution is -0.133. The van der Waals surface area contributed by atoms with Crippen LogP contribution in [0.15, 0.2) is 18.2 Å². The number of carbonyl (C=O) groups is 2. The predicted octanol–water partition coefficient (Wildman–Crippen LogP) is 2.30. The molecule has 33 heavy (non-hydrogen) atoms. The summed E-state index contributed by atoms with van der Waals surface area (Å²) >= 11 is 0. The summed E-state index contributed by atoms with van der Waals surface area (Å²) in [5, 5.41) is 3.09. The Hall–Kier alpha value is -2.33. The van der Waals surface area contributed by atoms with E-state index in [1.165, 1.54) is 19.1 Å². The summed E-state index contributed by atoms with van der Waals surface area (Å²) in [6.07, 6.45) is 5.38. The highest BCUT2D eigenvalue weighted by molar-refractivity contribution is 7.89.